The van der Waals surface area contributed by atoms with E-state index in [1.54, 1.807) is 32.4 Å². The maximum atomic E-state index is 13.3. The lowest BCUT2D eigenvalue weighted by Gasteiger charge is -2.27. The van der Waals surface area contributed by atoms with Crippen LogP contribution in [0.4, 0.5) is 9.18 Å². The number of nitrogens with zero attached hydrogens (tertiary/aromatic N) is 2. The van der Waals surface area contributed by atoms with Crippen LogP contribution in [0.15, 0.2) is 47.6 Å². The third kappa shape index (κ3) is 4.08. The number of hydrogen-bond donors (Lipinski definition) is 0. The molecule has 1 aliphatic rings. The number of halogens is 1. The van der Waals surface area contributed by atoms with Gasteiger partial charge >= 0.3 is 6.09 Å². The van der Waals surface area contributed by atoms with Crippen LogP contribution in [-0.4, -0.2) is 36.6 Å². The van der Waals surface area contributed by atoms with Crippen molar-refractivity contribution in [3.63, 3.8) is 0 Å². The van der Waals surface area contributed by atoms with Gasteiger partial charge in [0.25, 0.3) is 0 Å². The number of carbonyl (C=O) groups excluding carboxylic acids is 1. The number of hydrogen-bond acceptors (Lipinski definition) is 5. The van der Waals surface area contributed by atoms with Crippen molar-refractivity contribution in [2.45, 2.75) is 32.4 Å². The lowest BCUT2D eigenvalue weighted by molar-refractivity contribution is 0.0680. The van der Waals surface area contributed by atoms with E-state index < -0.39 is 11.6 Å². The summed E-state index contributed by atoms with van der Waals surface area (Å²) in [6.07, 6.45) is -0.0258. The van der Waals surface area contributed by atoms with Crippen LogP contribution < -0.4 is 9.47 Å². The smallest absolute Gasteiger partial charge is 0.431 e. The first-order valence-corrected chi connectivity index (χ1v) is 8.85. The molecule has 2 aromatic carbocycles. The fraction of sp³-hybridized carbons (Fsp3) is 0.333. The van der Waals surface area contributed by atoms with Crippen molar-refractivity contribution in [1.82, 2.24) is 5.01 Å². The molecule has 1 amide bonds. The van der Waals surface area contributed by atoms with Crippen molar-refractivity contribution >= 4 is 11.8 Å². The highest BCUT2D eigenvalue weighted by atomic mass is 19.1. The maximum Gasteiger partial charge on any atom is 0.431 e. The SMILES string of the molecule is COc1ccc(C2=NN(C(=O)OCc3cccc(F)c3)C(C)(C)C2)cc1OC. The fourth-order valence-electron chi connectivity index (χ4n) is 3.07. The number of carbonyl (C=O) groups is 1. The molecule has 7 heteroatoms. The molecule has 148 valence electrons. The molecule has 2 aromatic rings. The minimum atomic E-state index is -0.579. The van der Waals surface area contributed by atoms with Crippen LogP contribution in [0.3, 0.4) is 0 Å². The molecular formula is C21H23FN2O4. The Morgan fingerprint density at radius 1 is 1.14 bits per heavy atom. The van der Waals surface area contributed by atoms with Gasteiger partial charge in [0.1, 0.15) is 12.4 Å². The number of rotatable bonds is 5. The summed E-state index contributed by atoms with van der Waals surface area (Å²) < 4.78 is 29.2. The van der Waals surface area contributed by atoms with Crippen molar-refractivity contribution in [1.29, 1.82) is 0 Å². The molecule has 1 heterocycles. The third-order valence-electron chi connectivity index (χ3n) is 4.54. The summed E-state index contributed by atoms with van der Waals surface area (Å²) in [4.78, 5) is 12.6. The maximum absolute atomic E-state index is 13.3. The van der Waals surface area contributed by atoms with E-state index in [1.807, 2.05) is 26.0 Å². The number of hydrazone groups is 1. The monoisotopic (exact) mass is 386 g/mol. The van der Waals surface area contributed by atoms with E-state index in [-0.39, 0.29) is 12.4 Å². The predicted molar refractivity (Wildman–Crippen MR) is 103 cm³/mol. The highest BCUT2D eigenvalue weighted by Gasteiger charge is 2.39. The van der Waals surface area contributed by atoms with Crippen LogP contribution in [0.5, 0.6) is 11.5 Å². The highest BCUT2D eigenvalue weighted by molar-refractivity contribution is 6.03. The van der Waals surface area contributed by atoms with Crippen LogP contribution in [0.1, 0.15) is 31.4 Å². The van der Waals surface area contributed by atoms with Gasteiger partial charge in [0.2, 0.25) is 0 Å². The predicted octanol–water partition coefficient (Wildman–Crippen LogP) is 4.37. The van der Waals surface area contributed by atoms with Crippen molar-refractivity contribution < 1.29 is 23.4 Å². The molecule has 3 rings (SSSR count). The normalized spacial score (nSPS) is 15.2. The van der Waals surface area contributed by atoms with Crippen LogP contribution in [0, 0.1) is 5.82 Å². The topological polar surface area (TPSA) is 60.4 Å². The Hall–Kier alpha value is -3.09. The lowest BCUT2D eigenvalue weighted by atomic mass is 9.95. The fourth-order valence-corrected chi connectivity index (χ4v) is 3.07. The largest absolute Gasteiger partial charge is 0.493 e. The summed E-state index contributed by atoms with van der Waals surface area (Å²) >= 11 is 0. The van der Waals surface area contributed by atoms with Gasteiger partial charge < -0.3 is 14.2 Å². The summed E-state index contributed by atoms with van der Waals surface area (Å²) in [5, 5.41) is 5.81. The molecule has 0 fully saturated rings. The Morgan fingerprint density at radius 2 is 1.89 bits per heavy atom. The molecule has 0 saturated carbocycles. The van der Waals surface area contributed by atoms with E-state index >= 15 is 0 Å². The van der Waals surface area contributed by atoms with Gasteiger partial charge in [-0.05, 0) is 49.7 Å². The first kappa shape index (κ1) is 19.7. The second-order valence-corrected chi connectivity index (χ2v) is 7.10. The summed E-state index contributed by atoms with van der Waals surface area (Å²) in [6, 6.07) is 11.5. The lowest BCUT2D eigenvalue weighted by Crippen LogP contribution is -2.41. The molecule has 0 radical (unpaired) electrons. The van der Waals surface area contributed by atoms with E-state index in [0.29, 0.717) is 23.5 Å². The Kier molecular flexibility index (Phi) is 5.53. The van der Waals surface area contributed by atoms with Gasteiger partial charge in [-0.1, -0.05) is 12.1 Å². The molecule has 6 nitrogen and oxygen atoms in total. The number of amides is 1. The Bertz CT molecular complexity index is 911. The number of benzene rings is 2. The van der Waals surface area contributed by atoms with Gasteiger partial charge in [0, 0.05) is 12.0 Å². The molecule has 0 saturated heterocycles. The average Bonchev–Trinajstić information content (AvgIpc) is 3.01. The Morgan fingerprint density at radius 3 is 2.57 bits per heavy atom. The first-order valence-electron chi connectivity index (χ1n) is 8.85. The molecule has 0 atom stereocenters. The summed E-state index contributed by atoms with van der Waals surface area (Å²) in [5.74, 6) is 0.840. The quantitative estimate of drug-likeness (QED) is 0.766. The van der Waals surface area contributed by atoms with Crippen molar-refractivity contribution in [3.8, 4) is 11.5 Å². The highest BCUT2D eigenvalue weighted by Crippen LogP contribution is 2.33. The molecule has 0 N–H and O–H groups in total. The molecule has 1 aliphatic heterocycles. The van der Waals surface area contributed by atoms with Crippen molar-refractivity contribution in [3.05, 3.63) is 59.4 Å². The molecular weight excluding hydrogens is 363 g/mol. The van der Waals surface area contributed by atoms with Crippen LogP contribution in [-0.2, 0) is 11.3 Å². The Labute approximate surface area is 163 Å². The summed E-state index contributed by atoms with van der Waals surface area (Å²) in [6.45, 7) is 3.80. The Balaban J connectivity index is 1.77. The number of methoxy groups -OCH3 is 2. The van der Waals surface area contributed by atoms with E-state index in [1.165, 1.54) is 17.1 Å². The van der Waals surface area contributed by atoms with Crippen LogP contribution in [0.25, 0.3) is 0 Å². The van der Waals surface area contributed by atoms with Gasteiger partial charge in [-0.2, -0.15) is 10.1 Å². The van der Waals surface area contributed by atoms with Crippen molar-refractivity contribution in [2.75, 3.05) is 14.2 Å². The molecule has 0 unspecified atom stereocenters. The van der Waals surface area contributed by atoms with Gasteiger partial charge in [-0.15, -0.1) is 0 Å². The second kappa shape index (κ2) is 7.88. The van der Waals surface area contributed by atoms with Crippen LogP contribution >= 0.6 is 0 Å². The van der Waals surface area contributed by atoms with Gasteiger partial charge in [0.15, 0.2) is 11.5 Å². The molecule has 0 aromatic heterocycles. The summed E-state index contributed by atoms with van der Waals surface area (Å²) in [5.41, 5.74) is 1.61. The molecule has 28 heavy (non-hydrogen) atoms. The molecule has 0 aliphatic carbocycles. The zero-order valence-electron chi connectivity index (χ0n) is 16.4. The minimum absolute atomic E-state index is 0.0234. The van der Waals surface area contributed by atoms with E-state index in [4.69, 9.17) is 14.2 Å². The van der Waals surface area contributed by atoms with Gasteiger partial charge in [-0.3, -0.25) is 0 Å². The van der Waals surface area contributed by atoms with E-state index in [9.17, 15) is 9.18 Å². The van der Waals surface area contributed by atoms with E-state index in [0.717, 1.165) is 11.3 Å². The zero-order chi connectivity index (χ0) is 20.3. The zero-order valence-corrected chi connectivity index (χ0v) is 16.4. The number of ether oxygens (including phenoxy) is 3. The summed E-state index contributed by atoms with van der Waals surface area (Å²) in [7, 11) is 3.14. The van der Waals surface area contributed by atoms with E-state index in [2.05, 4.69) is 5.10 Å². The van der Waals surface area contributed by atoms with Gasteiger partial charge in [-0.25, -0.2) is 9.18 Å². The first-order chi connectivity index (χ1) is 13.3. The van der Waals surface area contributed by atoms with Crippen LogP contribution in [0.2, 0.25) is 0 Å². The minimum Gasteiger partial charge on any atom is -0.493 e. The molecule has 0 bridgehead atoms. The second-order valence-electron chi connectivity index (χ2n) is 7.10. The average molecular weight is 386 g/mol. The van der Waals surface area contributed by atoms with Gasteiger partial charge in [0.05, 0.1) is 25.5 Å². The van der Waals surface area contributed by atoms with Crippen molar-refractivity contribution in [2.24, 2.45) is 5.10 Å². The standard InChI is InChI=1S/C21H23FN2O4/c1-21(2)12-17(15-8-9-18(26-3)19(11-15)27-4)23-24(21)20(25)28-13-14-6-5-7-16(22)10-14/h5-11H,12-13H2,1-4H3. The third-order valence-corrected chi connectivity index (χ3v) is 4.54. The molecule has 0 spiro atoms.